The maximum Gasteiger partial charge on any atom is 0.0180 e. The first-order valence-electron chi connectivity index (χ1n) is 6.32. The predicted molar refractivity (Wildman–Crippen MR) is 64.6 cm³/mol. The van der Waals surface area contributed by atoms with Crippen LogP contribution in [0.15, 0.2) is 23.8 Å². The van der Waals surface area contributed by atoms with Crippen LogP contribution in [0.4, 0.5) is 0 Å². The molecule has 0 aromatic rings. The van der Waals surface area contributed by atoms with Crippen molar-refractivity contribution in [3.63, 3.8) is 0 Å². The van der Waals surface area contributed by atoms with E-state index in [0.717, 1.165) is 0 Å². The molecular weight excluding hydrogens is 180 g/mol. The van der Waals surface area contributed by atoms with Crippen LogP contribution in [0.2, 0.25) is 0 Å². The van der Waals surface area contributed by atoms with E-state index in [2.05, 4.69) is 33.4 Å². The molecule has 0 aliphatic heterocycles. The number of hydrogen-bond acceptors (Lipinski definition) is 0. The van der Waals surface area contributed by atoms with Crippen LogP contribution in [-0.4, -0.2) is 0 Å². The summed E-state index contributed by atoms with van der Waals surface area (Å²) in [6, 6.07) is 0. The van der Waals surface area contributed by atoms with Gasteiger partial charge in [-0.3, -0.25) is 0 Å². The summed E-state index contributed by atoms with van der Waals surface area (Å²) in [5, 5.41) is 0. The lowest BCUT2D eigenvalue weighted by Gasteiger charge is -2.44. The Morgan fingerprint density at radius 3 is 2.67 bits per heavy atom. The van der Waals surface area contributed by atoms with Crippen molar-refractivity contribution in [3.05, 3.63) is 23.8 Å². The number of allylic oxidation sites excluding steroid dienone is 3. The summed E-state index contributed by atoms with van der Waals surface area (Å²) in [5.41, 5.74) is 4.60. The first-order chi connectivity index (χ1) is 6.96. The largest absolute Gasteiger partial charge is 0.0989 e. The normalized spacial score (nSPS) is 46.6. The lowest BCUT2D eigenvalue weighted by Crippen LogP contribution is -2.38. The lowest BCUT2D eigenvalue weighted by molar-refractivity contribution is 0.0630. The molecule has 0 nitrogen and oxygen atoms in total. The molecule has 2 saturated carbocycles. The Morgan fingerprint density at radius 1 is 1.27 bits per heavy atom. The summed E-state index contributed by atoms with van der Waals surface area (Å²) in [4.78, 5) is 0. The summed E-state index contributed by atoms with van der Waals surface area (Å²) < 4.78 is 0. The van der Waals surface area contributed by atoms with Crippen LogP contribution < -0.4 is 0 Å². The van der Waals surface area contributed by atoms with Crippen LogP contribution in [0.3, 0.4) is 0 Å². The van der Waals surface area contributed by atoms with E-state index in [4.69, 9.17) is 0 Å². The molecule has 0 heteroatoms. The van der Waals surface area contributed by atoms with Gasteiger partial charge in [0.05, 0.1) is 0 Å². The van der Waals surface area contributed by atoms with Gasteiger partial charge in [-0.05, 0) is 43.4 Å². The summed E-state index contributed by atoms with van der Waals surface area (Å²) in [7, 11) is 0. The molecule has 3 aliphatic rings. The van der Waals surface area contributed by atoms with Gasteiger partial charge in [-0.1, -0.05) is 44.1 Å². The van der Waals surface area contributed by atoms with Crippen molar-refractivity contribution in [2.75, 3.05) is 0 Å². The van der Waals surface area contributed by atoms with Gasteiger partial charge >= 0.3 is 0 Å². The van der Waals surface area contributed by atoms with Crippen LogP contribution in [0.25, 0.3) is 0 Å². The number of rotatable bonds is 0. The fourth-order valence-electron chi connectivity index (χ4n) is 5.30. The van der Waals surface area contributed by atoms with Gasteiger partial charge in [-0.15, -0.1) is 0 Å². The van der Waals surface area contributed by atoms with Gasteiger partial charge in [0.2, 0.25) is 0 Å². The molecule has 15 heavy (non-hydrogen) atoms. The zero-order valence-electron chi connectivity index (χ0n) is 10.3. The topological polar surface area (TPSA) is 0 Å². The molecule has 3 aliphatic carbocycles. The van der Waals surface area contributed by atoms with Crippen molar-refractivity contribution in [1.29, 1.82) is 0 Å². The molecule has 82 valence electrons. The Labute approximate surface area is 93.5 Å². The molecule has 0 spiro atoms. The second-order valence-corrected chi connectivity index (χ2v) is 6.60. The third kappa shape index (κ3) is 0.756. The van der Waals surface area contributed by atoms with Crippen LogP contribution in [0.5, 0.6) is 0 Å². The van der Waals surface area contributed by atoms with E-state index in [0.29, 0.717) is 16.2 Å². The fraction of sp³-hybridized carbons (Fsp3) is 0.733. The Hall–Kier alpha value is -0.520. The average molecular weight is 202 g/mol. The van der Waals surface area contributed by atoms with Gasteiger partial charge in [0.25, 0.3) is 0 Å². The van der Waals surface area contributed by atoms with Crippen LogP contribution in [0, 0.1) is 16.2 Å². The Kier molecular flexibility index (Phi) is 1.56. The van der Waals surface area contributed by atoms with Crippen molar-refractivity contribution in [2.45, 2.75) is 52.9 Å². The Bertz CT molecular complexity index is 371. The first-order valence-corrected chi connectivity index (χ1v) is 6.32. The highest BCUT2D eigenvalue weighted by Gasteiger charge is 2.69. The maximum atomic E-state index is 4.43. The Morgan fingerprint density at radius 2 is 2.00 bits per heavy atom. The van der Waals surface area contributed by atoms with Crippen LogP contribution >= 0.6 is 0 Å². The van der Waals surface area contributed by atoms with Gasteiger partial charge in [-0.25, -0.2) is 0 Å². The van der Waals surface area contributed by atoms with Crippen molar-refractivity contribution in [1.82, 2.24) is 0 Å². The minimum atomic E-state index is 0.413. The smallest absolute Gasteiger partial charge is 0.0180 e. The van der Waals surface area contributed by atoms with E-state index in [9.17, 15) is 0 Å². The second-order valence-electron chi connectivity index (χ2n) is 6.60. The third-order valence-corrected chi connectivity index (χ3v) is 5.96. The lowest BCUT2D eigenvalue weighted by atomic mass is 9.58. The molecule has 0 saturated heterocycles. The molecule has 2 atom stereocenters. The maximum absolute atomic E-state index is 4.43. The van der Waals surface area contributed by atoms with Gasteiger partial charge in [0.1, 0.15) is 0 Å². The van der Waals surface area contributed by atoms with E-state index in [-0.39, 0.29) is 0 Å². The molecule has 0 bridgehead atoms. The van der Waals surface area contributed by atoms with E-state index in [1.807, 2.05) is 0 Å². The van der Waals surface area contributed by atoms with Gasteiger partial charge in [0.15, 0.2) is 0 Å². The molecule has 0 N–H and O–H groups in total. The highest BCUT2D eigenvalue weighted by atomic mass is 14.7. The zero-order valence-corrected chi connectivity index (χ0v) is 10.3. The van der Waals surface area contributed by atoms with Gasteiger partial charge in [0, 0.05) is 5.41 Å². The van der Waals surface area contributed by atoms with E-state index >= 15 is 0 Å². The third-order valence-electron chi connectivity index (χ3n) is 5.96. The molecular formula is C15H22. The molecule has 2 fully saturated rings. The summed E-state index contributed by atoms with van der Waals surface area (Å²) in [6.45, 7) is 11.7. The van der Waals surface area contributed by atoms with Gasteiger partial charge in [-0.2, -0.15) is 0 Å². The van der Waals surface area contributed by atoms with Crippen LogP contribution in [0.1, 0.15) is 52.9 Å². The quantitative estimate of drug-likeness (QED) is 0.508. The molecule has 0 aromatic heterocycles. The van der Waals surface area contributed by atoms with E-state index in [1.165, 1.54) is 37.7 Å². The SMILES string of the molecule is C=C1CC(C)(C)[C@]23CC=C(C)[C@@]12CCC3. The minimum absolute atomic E-state index is 0.413. The number of hydrogen-bond donors (Lipinski definition) is 0. The fourth-order valence-corrected chi connectivity index (χ4v) is 5.30. The molecule has 0 aromatic carbocycles. The highest BCUT2D eigenvalue weighted by molar-refractivity contribution is 5.45. The summed E-state index contributed by atoms with van der Waals surface area (Å²) >= 11 is 0. The van der Waals surface area contributed by atoms with Crippen molar-refractivity contribution in [2.24, 2.45) is 16.2 Å². The second kappa shape index (κ2) is 2.42. The predicted octanol–water partition coefficient (Wildman–Crippen LogP) is 4.48. The standard InChI is InChI=1S/C15H22/c1-11-6-9-14-7-5-8-15(11,14)12(2)10-13(14,3)4/h6H,2,5,7-10H2,1,3-4H3/t14-,15-/m0/s1. The van der Waals surface area contributed by atoms with Gasteiger partial charge < -0.3 is 0 Å². The van der Waals surface area contributed by atoms with Crippen molar-refractivity contribution < 1.29 is 0 Å². The van der Waals surface area contributed by atoms with Crippen molar-refractivity contribution in [3.8, 4) is 0 Å². The van der Waals surface area contributed by atoms with Crippen molar-refractivity contribution >= 4 is 0 Å². The first kappa shape index (κ1) is 9.69. The molecule has 0 radical (unpaired) electrons. The van der Waals surface area contributed by atoms with Crippen LogP contribution in [-0.2, 0) is 0 Å². The minimum Gasteiger partial charge on any atom is -0.0989 e. The monoisotopic (exact) mass is 202 g/mol. The van der Waals surface area contributed by atoms with E-state index < -0.39 is 0 Å². The molecule has 0 amide bonds. The average Bonchev–Trinajstić information content (AvgIpc) is 2.68. The molecule has 0 unspecified atom stereocenters. The summed E-state index contributed by atoms with van der Waals surface area (Å²) in [5.74, 6) is 0. The molecule has 3 rings (SSSR count). The summed E-state index contributed by atoms with van der Waals surface area (Å²) in [6.07, 6.45) is 9.27. The zero-order chi connectivity index (χ0) is 10.9. The van der Waals surface area contributed by atoms with E-state index in [1.54, 1.807) is 5.57 Å². The Balaban J connectivity index is 2.25. The highest BCUT2D eigenvalue weighted by Crippen LogP contribution is 2.78. The molecule has 0 heterocycles.